The Bertz CT molecular complexity index is 812. The van der Waals surface area contributed by atoms with Crippen LogP contribution >= 0.6 is 0 Å². The Balaban J connectivity index is 1.98. The van der Waals surface area contributed by atoms with Crippen LogP contribution in [0.2, 0.25) is 0 Å². The third-order valence-electron chi connectivity index (χ3n) is 3.76. The summed E-state index contributed by atoms with van der Waals surface area (Å²) in [6, 6.07) is 16.6. The fourth-order valence-electron chi connectivity index (χ4n) is 2.36. The van der Waals surface area contributed by atoms with E-state index in [1.54, 1.807) is 0 Å². The van der Waals surface area contributed by atoms with Crippen LogP contribution in [0.3, 0.4) is 0 Å². The fraction of sp³-hybridized carbons (Fsp3) is 0.158. The predicted molar refractivity (Wildman–Crippen MR) is 94.1 cm³/mol. The second-order valence-corrected chi connectivity index (χ2v) is 5.62. The molecule has 0 bridgehead atoms. The summed E-state index contributed by atoms with van der Waals surface area (Å²) in [6.07, 6.45) is 4.08. The molecule has 2 aromatic carbocycles. The van der Waals surface area contributed by atoms with E-state index in [0.717, 1.165) is 22.6 Å². The van der Waals surface area contributed by atoms with Crippen LogP contribution in [0.25, 0.3) is 17.8 Å². The molecule has 23 heavy (non-hydrogen) atoms. The highest BCUT2D eigenvalue weighted by Gasteiger charge is 2.10. The smallest absolute Gasteiger partial charge is 0.104 e. The van der Waals surface area contributed by atoms with Gasteiger partial charge in [0, 0.05) is 6.54 Å². The maximum absolute atomic E-state index is 5.81. The lowest BCUT2D eigenvalue weighted by Gasteiger charge is -2.05. The van der Waals surface area contributed by atoms with Crippen LogP contribution in [-0.4, -0.2) is 15.0 Å². The van der Waals surface area contributed by atoms with Gasteiger partial charge in [-0.05, 0) is 37.6 Å². The monoisotopic (exact) mass is 304 g/mol. The van der Waals surface area contributed by atoms with Gasteiger partial charge in [0.25, 0.3) is 0 Å². The molecule has 0 atom stereocenters. The third-order valence-corrected chi connectivity index (χ3v) is 3.76. The zero-order valence-corrected chi connectivity index (χ0v) is 13.4. The van der Waals surface area contributed by atoms with Crippen molar-refractivity contribution < 1.29 is 0 Å². The Labute approximate surface area is 136 Å². The molecule has 0 aliphatic heterocycles. The lowest BCUT2D eigenvalue weighted by atomic mass is 10.1. The predicted octanol–water partition coefficient (Wildman–Crippen LogP) is 3.51. The minimum absolute atomic E-state index is 0.361. The van der Waals surface area contributed by atoms with E-state index in [1.165, 1.54) is 11.1 Å². The summed E-state index contributed by atoms with van der Waals surface area (Å²) in [4.78, 5) is 0. The average molecular weight is 304 g/mol. The molecule has 4 heteroatoms. The maximum Gasteiger partial charge on any atom is 0.104 e. The third kappa shape index (κ3) is 3.38. The van der Waals surface area contributed by atoms with Gasteiger partial charge in [-0.25, -0.2) is 4.68 Å². The van der Waals surface area contributed by atoms with Gasteiger partial charge in [0.15, 0.2) is 0 Å². The van der Waals surface area contributed by atoms with Crippen LogP contribution in [-0.2, 0) is 6.54 Å². The zero-order valence-electron chi connectivity index (χ0n) is 13.4. The van der Waals surface area contributed by atoms with Crippen molar-refractivity contribution in [3.63, 3.8) is 0 Å². The van der Waals surface area contributed by atoms with E-state index in [2.05, 4.69) is 66.6 Å². The zero-order chi connectivity index (χ0) is 16.2. The minimum atomic E-state index is 0.361. The van der Waals surface area contributed by atoms with Crippen LogP contribution in [0.5, 0.6) is 0 Å². The normalized spacial score (nSPS) is 11.3. The van der Waals surface area contributed by atoms with E-state index in [9.17, 15) is 0 Å². The maximum atomic E-state index is 5.81. The van der Waals surface area contributed by atoms with Gasteiger partial charge in [0.1, 0.15) is 5.69 Å². The molecule has 3 rings (SSSR count). The summed E-state index contributed by atoms with van der Waals surface area (Å²) < 4.78 is 1.83. The second-order valence-electron chi connectivity index (χ2n) is 5.62. The number of aryl methyl sites for hydroxylation is 2. The van der Waals surface area contributed by atoms with Crippen LogP contribution < -0.4 is 5.73 Å². The number of hydrogen-bond donors (Lipinski definition) is 1. The van der Waals surface area contributed by atoms with E-state index >= 15 is 0 Å². The van der Waals surface area contributed by atoms with Crippen LogP contribution in [0, 0.1) is 13.8 Å². The van der Waals surface area contributed by atoms with Crippen molar-refractivity contribution in [1.82, 2.24) is 15.0 Å². The molecule has 0 saturated carbocycles. The largest absolute Gasteiger partial charge is 0.325 e. The van der Waals surface area contributed by atoms with Gasteiger partial charge < -0.3 is 5.73 Å². The Morgan fingerprint density at radius 1 is 0.913 bits per heavy atom. The molecule has 2 N–H and O–H groups in total. The quantitative estimate of drug-likeness (QED) is 0.802. The van der Waals surface area contributed by atoms with Crippen LogP contribution in [0.15, 0.2) is 48.5 Å². The number of aromatic nitrogens is 3. The van der Waals surface area contributed by atoms with Crippen molar-refractivity contribution in [1.29, 1.82) is 0 Å². The summed E-state index contributed by atoms with van der Waals surface area (Å²) >= 11 is 0. The highest BCUT2D eigenvalue weighted by atomic mass is 15.4. The number of rotatable bonds is 4. The van der Waals surface area contributed by atoms with E-state index in [0.29, 0.717) is 6.54 Å². The molecular formula is C19H20N4. The number of nitrogens with zero attached hydrogens (tertiary/aromatic N) is 3. The fourth-order valence-corrected chi connectivity index (χ4v) is 2.36. The SMILES string of the molecule is Cc1ccc(/C=C/c2c(CN)nnn2-c2ccc(C)cc2)cc1. The first-order valence-electron chi connectivity index (χ1n) is 7.64. The molecule has 0 aliphatic rings. The van der Waals surface area contributed by atoms with Crippen molar-refractivity contribution in [2.45, 2.75) is 20.4 Å². The van der Waals surface area contributed by atoms with Gasteiger partial charge in [0.2, 0.25) is 0 Å². The van der Waals surface area contributed by atoms with Crippen LogP contribution in [0.1, 0.15) is 28.1 Å². The van der Waals surface area contributed by atoms with E-state index < -0.39 is 0 Å². The van der Waals surface area contributed by atoms with E-state index in [-0.39, 0.29) is 0 Å². The standard InChI is InChI=1S/C19H20N4/c1-14-3-7-16(8-4-14)9-12-19-18(13-20)21-22-23(19)17-10-5-15(2)6-11-17/h3-12H,13,20H2,1-2H3/b12-9+. The Kier molecular flexibility index (Phi) is 4.35. The summed E-state index contributed by atoms with van der Waals surface area (Å²) in [5.74, 6) is 0. The summed E-state index contributed by atoms with van der Waals surface area (Å²) in [6.45, 7) is 4.50. The number of benzene rings is 2. The highest BCUT2D eigenvalue weighted by molar-refractivity contribution is 5.70. The highest BCUT2D eigenvalue weighted by Crippen LogP contribution is 2.17. The van der Waals surface area contributed by atoms with Crippen LogP contribution in [0.4, 0.5) is 0 Å². The van der Waals surface area contributed by atoms with Crippen molar-refractivity contribution in [2.24, 2.45) is 5.73 Å². The van der Waals surface area contributed by atoms with Gasteiger partial charge in [0.05, 0.1) is 11.4 Å². The Hall–Kier alpha value is -2.72. The van der Waals surface area contributed by atoms with Gasteiger partial charge in [-0.3, -0.25) is 0 Å². The van der Waals surface area contributed by atoms with Gasteiger partial charge in [-0.2, -0.15) is 0 Å². The molecule has 116 valence electrons. The average Bonchev–Trinajstić information content (AvgIpc) is 2.98. The first-order chi connectivity index (χ1) is 11.2. The molecule has 0 saturated heterocycles. The Morgan fingerprint density at radius 3 is 2.13 bits per heavy atom. The minimum Gasteiger partial charge on any atom is -0.325 e. The van der Waals surface area contributed by atoms with E-state index in [4.69, 9.17) is 5.73 Å². The van der Waals surface area contributed by atoms with Gasteiger partial charge in [-0.1, -0.05) is 58.8 Å². The van der Waals surface area contributed by atoms with Crippen molar-refractivity contribution in [3.8, 4) is 5.69 Å². The number of nitrogens with two attached hydrogens (primary N) is 1. The summed E-state index contributed by atoms with van der Waals surface area (Å²) in [7, 11) is 0. The first-order valence-corrected chi connectivity index (χ1v) is 7.64. The van der Waals surface area contributed by atoms with Crippen molar-refractivity contribution in [2.75, 3.05) is 0 Å². The second kappa shape index (κ2) is 6.58. The molecule has 0 unspecified atom stereocenters. The van der Waals surface area contributed by atoms with Gasteiger partial charge >= 0.3 is 0 Å². The molecule has 3 aromatic rings. The van der Waals surface area contributed by atoms with Crippen molar-refractivity contribution >= 4 is 12.2 Å². The molecule has 1 heterocycles. The number of hydrogen-bond acceptors (Lipinski definition) is 3. The Morgan fingerprint density at radius 2 is 1.52 bits per heavy atom. The summed E-state index contributed by atoms with van der Waals surface area (Å²) in [5, 5.41) is 8.45. The first kappa shape index (κ1) is 15.2. The molecule has 0 amide bonds. The summed E-state index contributed by atoms with van der Waals surface area (Å²) in [5.41, 5.74) is 12.1. The molecule has 0 spiro atoms. The molecular weight excluding hydrogens is 284 g/mol. The van der Waals surface area contributed by atoms with Gasteiger partial charge in [-0.15, -0.1) is 5.10 Å². The molecule has 0 radical (unpaired) electrons. The molecule has 4 nitrogen and oxygen atoms in total. The molecule has 1 aromatic heterocycles. The lowest BCUT2D eigenvalue weighted by molar-refractivity contribution is 0.793. The van der Waals surface area contributed by atoms with E-state index in [1.807, 2.05) is 22.9 Å². The topological polar surface area (TPSA) is 56.7 Å². The lowest BCUT2D eigenvalue weighted by Crippen LogP contribution is -2.02. The van der Waals surface area contributed by atoms with Crippen molar-refractivity contribution in [3.05, 3.63) is 76.6 Å². The molecule has 0 fully saturated rings. The molecule has 0 aliphatic carbocycles.